The first-order valence-electron chi connectivity index (χ1n) is 9.15. The number of carbonyl (C=O) groups excluding carboxylic acids is 1. The molecule has 0 saturated carbocycles. The summed E-state index contributed by atoms with van der Waals surface area (Å²) in [4.78, 5) is 19.2. The van der Waals surface area contributed by atoms with Crippen LogP contribution in [0, 0.1) is 0 Å². The van der Waals surface area contributed by atoms with Crippen molar-refractivity contribution in [2.75, 3.05) is 39.5 Å². The number of benzene rings is 1. The zero-order valence-corrected chi connectivity index (χ0v) is 15.9. The molecule has 0 aliphatic carbocycles. The quantitative estimate of drug-likeness (QED) is 0.809. The van der Waals surface area contributed by atoms with Gasteiger partial charge in [-0.1, -0.05) is 6.07 Å². The fraction of sp³-hybridized carbons (Fsp3) is 0.474. The average molecular weight is 389 g/mol. The minimum atomic E-state index is -0.0309. The lowest BCUT2D eigenvalue weighted by Gasteiger charge is -2.25. The van der Waals surface area contributed by atoms with Gasteiger partial charge in [0, 0.05) is 25.0 Å². The third-order valence-corrected chi connectivity index (χ3v) is 5.39. The Morgan fingerprint density at radius 2 is 1.96 bits per heavy atom. The van der Waals surface area contributed by atoms with Gasteiger partial charge < -0.3 is 19.5 Å². The molecule has 1 saturated heterocycles. The first kappa shape index (κ1) is 18.2. The molecule has 0 spiro atoms. The Hall–Kier alpha value is -2.16. The monoisotopic (exact) mass is 389 g/mol. The Bertz CT molecular complexity index is 789. The summed E-state index contributed by atoms with van der Waals surface area (Å²) in [6.07, 6.45) is 0.308. The van der Waals surface area contributed by atoms with Gasteiger partial charge in [0.1, 0.15) is 18.2 Å². The van der Waals surface area contributed by atoms with Crippen LogP contribution in [0.2, 0.25) is 0 Å². The standard InChI is InChI=1S/C19H23N3O4S/c23-18(10-14-1-2-16-17(9-14)26-8-7-25-16)20-11-19-21-15(13-27-19)12-22-3-5-24-6-4-22/h1-2,9,13H,3-8,10-12H2,(H,20,23). The lowest BCUT2D eigenvalue weighted by molar-refractivity contribution is -0.120. The van der Waals surface area contributed by atoms with E-state index in [0.29, 0.717) is 31.9 Å². The lowest BCUT2D eigenvalue weighted by atomic mass is 10.1. The summed E-state index contributed by atoms with van der Waals surface area (Å²) < 4.78 is 16.4. The van der Waals surface area contributed by atoms with E-state index in [1.165, 1.54) is 0 Å². The zero-order valence-electron chi connectivity index (χ0n) is 15.1. The predicted molar refractivity (Wildman–Crippen MR) is 101 cm³/mol. The van der Waals surface area contributed by atoms with Crippen LogP contribution in [-0.2, 0) is 29.0 Å². The van der Waals surface area contributed by atoms with Crippen molar-refractivity contribution in [3.8, 4) is 11.5 Å². The average Bonchev–Trinajstić information content (AvgIpc) is 3.14. The molecule has 0 atom stereocenters. The molecule has 0 unspecified atom stereocenters. The van der Waals surface area contributed by atoms with Crippen LogP contribution in [0.15, 0.2) is 23.6 Å². The van der Waals surface area contributed by atoms with Crippen LogP contribution < -0.4 is 14.8 Å². The number of carbonyl (C=O) groups is 1. The molecule has 2 aliphatic rings. The molecule has 4 rings (SSSR count). The Kier molecular flexibility index (Phi) is 5.86. The molecule has 7 nitrogen and oxygen atoms in total. The molecule has 8 heteroatoms. The summed E-state index contributed by atoms with van der Waals surface area (Å²) >= 11 is 1.58. The molecule has 1 N–H and O–H groups in total. The summed E-state index contributed by atoms with van der Waals surface area (Å²) in [6, 6.07) is 5.63. The molecule has 1 amide bonds. The van der Waals surface area contributed by atoms with Crippen LogP contribution in [0.5, 0.6) is 11.5 Å². The highest BCUT2D eigenvalue weighted by atomic mass is 32.1. The first-order valence-corrected chi connectivity index (χ1v) is 10.0. The molecular weight excluding hydrogens is 366 g/mol. The van der Waals surface area contributed by atoms with Gasteiger partial charge in [-0.2, -0.15) is 0 Å². The van der Waals surface area contributed by atoms with Crippen LogP contribution in [0.3, 0.4) is 0 Å². The second-order valence-corrected chi connectivity index (χ2v) is 7.50. The van der Waals surface area contributed by atoms with Gasteiger partial charge in [0.25, 0.3) is 0 Å². The van der Waals surface area contributed by atoms with E-state index in [1.807, 2.05) is 18.2 Å². The molecule has 144 valence electrons. The zero-order chi connectivity index (χ0) is 18.5. The maximum absolute atomic E-state index is 12.2. The van der Waals surface area contributed by atoms with E-state index >= 15 is 0 Å². The van der Waals surface area contributed by atoms with E-state index in [1.54, 1.807) is 11.3 Å². The van der Waals surface area contributed by atoms with E-state index in [9.17, 15) is 4.79 Å². The number of fused-ring (bicyclic) bond motifs is 1. The largest absolute Gasteiger partial charge is 0.486 e. The number of rotatable bonds is 6. The van der Waals surface area contributed by atoms with Crippen molar-refractivity contribution in [3.05, 3.63) is 39.8 Å². The number of morpholine rings is 1. The van der Waals surface area contributed by atoms with Gasteiger partial charge in [-0.05, 0) is 17.7 Å². The Balaban J connectivity index is 1.25. The minimum Gasteiger partial charge on any atom is -0.486 e. The number of hydrogen-bond acceptors (Lipinski definition) is 7. The van der Waals surface area contributed by atoms with E-state index in [-0.39, 0.29) is 5.91 Å². The number of hydrogen-bond donors (Lipinski definition) is 1. The fourth-order valence-corrected chi connectivity index (χ4v) is 3.84. The van der Waals surface area contributed by atoms with Crippen LogP contribution in [-0.4, -0.2) is 55.3 Å². The third kappa shape index (κ3) is 4.97. The van der Waals surface area contributed by atoms with Crippen molar-refractivity contribution in [3.63, 3.8) is 0 Å². The third-order valence-electron chi connectivity index (χ3n) is 4.50. The van der Waals surface area contributed by atoms with E-state index in [0.717, 1.165) is 54.9 Å². The van der Waals surface area contributed by atoms with Gasteiger partial charge in [-0.25, -0.2) is 4.98 Å². The molecule has 0 radical (unpaired) electrons. The normalized spacial score (nSPS) is 16.9. The Morgan fingerprint density at radius 1 is 1.15 bits per heavy atom. The molecule has 1 aromatic carbocycles. The van der Waals surface area contributed by atoms with Gasteiger partial charge >= 0.3 is 0 Å². The van der Waals surface area contributed by atoms with Crippen molar-refractivity contribution in [1.82, 2.24) is 15.2 Å². The minimum absolute atomic E-state index is 0.0309. The van der Waals surface area contributed by atoms with Gasteiger partial charge in [0.15, 0.2) is 11.5 Å². The van der Waals surface area contributed by atoms with Crippen molar-refractivity contribution in [2.24, 2.45) is 0 Å². The Morgan fingerprint density at radius 3 is 2.81 bits per heavy atom. The summed E-state index contributed by atoms with van der Waals surface area (Å²) in [5.74, 6) is 1.41. The van der Waals surface area contributed by atoms with Crippen molar-refractivity contribution < 1.29 is 19.0 Å². The molecule has 1 fully saturated rings. The highest BCUT2D eigenvalue weighted by Crippen LogP contribution is 2.30. The van der Waals surface area contributed by atoms with E-state index < -0.39 is 0 Å². The number of thiazole rings is 1. The van der Waals surface area contributed by atoms with Gasteiger partial charge in [0.05, 0.1) is 31.9 Å². The number of ether oxygens (including phenoxy) is 3. The second kappa shape index (κ2) is 8.69. The highest BCUT2D eigenvalue weighted by molar-refractivity contribution is 7.09. The lowest BCUT2D eigenvalue weighted by Crippen LogP contribution is -2.35. The van der Waals surface area contributed by atoms with Crippen LogP contribution in [0.4, 0.5) is 0 Å². The number of nitrogens with zero attached hydrogens (tertiary/aromatic N) is 2. The molecule has 2 aromatic rings. The van der Waals surface area contributed by atoms with Gasteiger partial charge in [0.2, 0.25) is 5.91 Å². The van der Waals surface area contributed by atoms with Gasteiger partial charge in [-0.3, -0.25) is 9.69 Å². The molecule has 1 aromatic heterocycles. The van der Waals surface area contributed by atoms with Crippen molar-refractivity contribution >= 4 is 17.2 Å². The molecule has 3 heterocycles. The first-order chi connectivity index (χ1) is 13.3. The van der Waals surface area contributed by atoms with Crippen LogP contribution >= 0.6 is 11.3 Å². The van der Waals surface area contributed by atoms with Crippen LogP contribution in [0.25, 0.3) is 0 Å². The van der Waals surface area contributed by atoms with Gasteiger partial charge in [-0.15, -0.1) is 11.3 Å². The molecule has 27 heavy (non-hydrogen) atoms. The summed E-state index contributed by atoms with van der Waals surface area (Å²) in [7, 11) is 0. The highest BCUT2D eigenvalue weighted by Gasteiger charge is 2.15. The van der Waals surface area contributed by atoms with E-state index in [2.05, 4.69) is 20.6 Å². The molecule has 2 aliphatic heterocycles. The van der Waals surface area contributed by atoms with Crippen LogP contribution in [0.1, 0.15) is 16.3 Å². The number of nitrogens with one attached hydrogen (secondary N) is 1. The predicted octanol–water partition coefficient (Wildman–Crippen LogP) is 1.61. The number of aromatic nitrogens is 1. The summed E-state index contributed by atoms with van der Waals surface area (Å²) in [5.41, 5.74) is 1.96. The summed E-state index contributed by atoms with van der Waals surface area (Å²) in [6.45, 7) is 5.86. The second-order valence-electron chi connectivity index (χ2n) is 6.55. The smallest absolute Gasteiger partial charge is 0.224 e. The SMILES string of the molecule is O=C(Cc1ccc2c(c1)OCCO2)NCc1nc(CN2CCOCC2)cs1. The number of amides is 1. The maximum Gasteiger partial charge on any atom is 0.224 e. The Labute approximate surface area is 162 Å². The summed E-state index contributed by atoms with van der Waals surface area (Å²) in [5, 5.41) is 5.94. The molecule has 0 bridgehead atoms. The topological polar surface area (TPSA) is 72.9 Å². The van der Waals surface area contributed by atoms with Crippen molar-refractivity contribution in [2.45, 2.75) is 19.5 Å². The fourth-order valence-electron chi connectivity index (χ4n) is 3.11. The van der Waals surface area contributed by atoms with E-state index in [4.69, 9.17) is 14.2 Å². The maximum atomic E-state index is 12.2. The molecular formula is C19H23N3O4S. The van der Waals surface area contributed by atoms with Crippen molar-refractivity contribution in [1.29, 1.82) is 0 Å².